The highest BCUT2D eigenvalue weighted by Gasteiger charge is 2.32. The van der Waals surface area contributed by atoms with Crippen LogP contribution in [0.25, 0.3) is 0 Å². The molecule has 0 fully saturated rings. The Hall–Kier alpha value is -2.36. The number of hydrogen-bond acceptors (Lipinski definition) is 3. The van der Waals surface area contributed by atoms with E-state index in [0.717, 1.165) is 18.5 Å². The summed E-state index contributed by atoms with van der Waals surface area (Å²) in [5.74, 6) is -0.388. The Balaban J connectivity index is 1.29. The summed E-state index contributed by atoms with van der Waals surface area (Å²) < 4.78 is 7.58. The molecule has 180 valence electrons. The largest absolute Gasteiger partial charge is 0.465 e. The van der Waals surface area contributed by atoms with E-state index in [-0.39, 0.29) is 17.7 Å². The molecule has 2 aromatic rings. The molecule has 0 saturated carbocycles. The van der Waals surface area contributed by atoms with E-state index in [1.54, 1.807) is 0 Å². The maximum atomic E-state index is 12.8. The first-order valence-electron chi connectivity index (χ1n) is 13.2. The average Bonchev–Trinajstić information content (AvgIpc) is 3.44. The van der Waals surface area contributed by atoms with E-state index in [2.05, 4.69) is 6.92 Å². The van der Waals surface area contributed by atoms with Gasteiger partial charge in [0.25, 0.3) is 0 Å². The number of carbonyl (C=O) groups is 2. The van der Waals surface area contributed by atoms with Crippen LogP contribution in [0.3, 0.4) is 0 Å². The van der Waals surface area contributed by atoms with Crippen molar-refractivity contribution in [2.75, 3.05) is 6.61 Å². The lowest BCUT2D eigenvalue weighted by molar-refractivity contribution is -0.145. The zero-order chi connectivity index (χ0) is 23.3. The number of esters is 1. The van der Waals surface area contributed by atoms with Crippen LogP contribution in [0.15, 0.2) is 42.5 Å². The lowest BCUT2D eigenvalue weighted by Gasteiger charge is -2.10. The molecule has 33 heavy (non-hydrogen) atoms. The zero-order valence-electron chi connectivity index (χ0n) is 20.4. The summed E-state index contributed by atoms with van der Waals surface area (Å²) in [6, 6.07) is 13.1. The summed E-state index contributed by atoms with van der Waals surface area (Å²) in [7, 11) is 0. The Morgan fingerprint density at radius 1 is 0.818 bits per heavy atom. The zero-order valence-corrected chi connectivity index (χ0v) is 20.4. The highest BCUT2D eigenvalue weighted by Crippen LogP contribution is 2.32. The van der Waals surface area contributed by atoms with Gasteiger partial charge in [0.15, 0.2) is 0 Å². The Bertz CT molecular complexity index is 855. The van der Waals surface area contributed by atoms with Gasteiger partial charge in [0.1, 0.15) is 0 Å². The first-order valence-corrected chi connectivity index (χ1v) is 13.2. The fourth-order valence-electron chi connectivity index (χ4n) is 4.83. The number of rotatable bonds is 16. The van der Waals surface area contributed by atoms with Crippen molar-refractivity contribution in [1.82, 2.24) is 4.57 Å². The predicted octanol–water partition coefficient (Wildman–Crippen LogP) is 7.45. The van der Waals surface area contributed by atoms with Crippen molar-refractivity contribution >= 4 is 11.8 Å². The van der Waals surface area contributed by atoms with Crippen molar-refractivity contribution < 1.29 is 14.3 Å². The van der Waals surface area contributed by atoms with Crippen LogP contribution in [-0.2, 0) is 16.1 Å². The minimum atomic E-state index is -0.250. The summed E-state index contributed by atoms with van der Waals surface area (Å²) in [6.07, 6.45) is 16.2. The van der Waals surface area contributed by atoms with Crippen molar-refractivity contribution in [2.45, 2.75) is 103 Å². The molecule has 0 saturated heterocycles. The summed E-state index contributed by atoms with van der Waals surface area (Å²) >= 11 is 0. The second-order valence-electron chi connectivity index (χ2n) is 9.39. The van der Waals surface area contributed by atoms with Crippen LogP contribution in [0.5, 0.6) is 0 Å². The molecule has 0 spiro atoms. The van der Waals surface area contributed by atoms with Gasteiger partial charge < -0.3 is 9.30 Å². The lowest BCUT2D eigenvalue weighted by atomic mass is 10.0. The van der Waals surface area contributed by atoms with E-state index >= 15 is 0 Å². The topological polar surface area (TPSA) is 48.3 Å². The summed E-state index contributed by atoms with van der Waals surface area (Å²) in [4.78, 5) is 25.5. The first kappa shape index (κ1) is 25.3. The predicted molar refractivity (Wildman–Crippen MR) is 134 cm³/mol. The van der Waals surface area contributed by atoms with Gasteiger partial charge in [0.05, 0.1) is 18.2 Å². The number of fused-ring (bicyclic) bond motifs is 1. The molecule has 0 bridgehead atoms. The van der Waals surface area contributed by atoms with E-state index in [4.69, 9.17) is 4.74 Å². The van der Waals surface area contributed by atoms with Crippen LogP contribution in [0.1, 0.15) is 118 Å². The minimum Gasteiger partial charge on any atom is -0.465 e. The molecule has 4 heteroatoms. The summed E-state index contributed by atoms with van der Waals surface area (Å²) in [5, 5.41) is 0. The van der Waals surface area contributed by atoms with Crippen molar-refractivity contribution in [3.8, 4) is 0 Å². The normalized spacial score (nSPS) is 14.9. The smallest absolute Gasteiger partial charge is 0.315 e. The highest BCUT2D eigenvalue weighted by atomic mass is 16.5. The third-order valence-corrected chi connectivity index (χ3v) is 6.81. The second kappa shape index (κ2) is 14.0. The molecule has 4 nitrogen and oxygen atoms in total. The van der Waals surface area contributed by atoms with Crippen molar-refractivity contribution in [2.24, 2.45) is 0 Å². The van der Waals surface area contributed by atoms with Gasteiger partial charge in [0.2, 0.25) is 5.78 Å². The maximum absolute atomic E-state index is 12.8. The molecule has 1 aliphatic heterocycles. The molecule has 1 aromatic heterocycles. The lowest BCUT2D eigenvalue weighted by Crippen LogP contribution is -2.14. The molecule has 2 heterocycles. The van der Waals surface area contributed by atoms with Crippen LogP contribution in [-0.4, -0.2) is 22.9 Å². The molecule has 1 atom stereocenters. The van der Waals surface area contributed by atoms with Crippen molar-refractivity contribution in [3.05, 3.63) is 59.4 Å². The van der Waals surface area contributed by atoms with Gasteiger partial charge in [-0.05, 0) is 25.0 Å². The average molecular weight is 452 g/mol. The molecule has 0 unspecified atom stereocenters. The number of benzene rings is 1. The number of ether oxygens (including phenoxy) is 1. The van der Waals surface area contributed by atoms with Gasteiger partial charge in [-0.15, -0.1) is 0 Å². The number of aromatic nitrogens is 1. The Morgan fingerprint density at radius 3 is 2.06 bits per heavy atom. The molecule has 0 aliphatic carbocycles. The summed E-state index contributed by atoms with van der Waals surface area (Å²) in [5.41, 5.74) is 2.25. The first-order chi connectivity index (χ1) is 16.2. The molecule has 1 aliphatic rings. The van der Waals surface area contributed by atoms with E-state index in [1.807, 2.05) is 47.0 Å². The van der Waals surface area contributed by atoms with E-state index in [9.17, 15) is 9.59 Å². The fourth-order valence-corrected chi connectivity index (χ4v) is 4.83. The van der Waals surface area contributed by atoms with Crippen molar-refractivity contribution in [1.29, 1.82) is 0 Å². The van der Waals surface area contributed by atoms with Gasteiger partial charge in [-0.25, -0.2) is 0 Å². The van der Waals surface area contributed by atoms with Crippen molar-refractivity contribution in [3.63, 3.8) is 0 Å². The molecular formula is C29H41NO3. The van der Waals surface area contributed by atoms with Crippen LogP contribution in [0, 0.1) is 0 Å². The van der Waals surface area contributed by atoms with Gasteiger partial charge in [0, 0.05) is 17.8 Å². The quantitative estimate of drug-likeness (QED) is 0.151. The van der Waals surface area contributed by atoms with Crippen LogP contribution in [0.4, 0.5) is 0 Å². The fraction of sp³-hybridized carbons (Fsp3) is 0.586. The van der Waals surface area contributed by atoms with E-state index in [0.29, 0.717) is 30.8 Å². The SMILES string of the molecule is CCCCCCCCCCCCCCOC(=O)[C@@H]1CCn2c(C(=O)c3ccccc3)ccc21. The van der Waals surface area contributed by atoms with E-state index < -0.39 is 0 Å². The highest BCUT2D eigenvalue weighted by molar-refractivity contribution is 6.08. The molecule has 0 N–H and O–H groups in total. The number of ketones is 1. The van der Waals surface area contributed by atoms with Gasteiger partial charge >= 0.3 is 5.97 Å². The van der Waals surface area contributed by atoms with Gasteiger partial charge in [-0.1, -0.05) is 108 Å². The van der Waals surface area contributed by atoms with Crippen LogP contribution < -0.4 is 0 Å². The maximum Gasteiger partial charge on any atom is 0.315 e. The van der Waals surface area contributed by atoms with Gasteiger partial charge in [-0.3, -0.25) is 9.59 Å². The molecular weight excluding hydrogens is 410 g/mol. The molecule has 1 aromatic carbocycles. The van der Waals surface area contributed by atoms with Crippen LogP contribution in [0.2, 0.25) is 0 Å². The number of nitrogens with zero attached hydrogens (tertiary/aromatic N) is 1. The molecule has 3 rings (SSSR count). The van der Waals surface area contributed by atoms with Crippen LogP contribution >= 0.6 is 0 Å². The van der Waals surface area contributed by atoms with E-state index in [1.165, 1.54) is 64.2 Å². The second-order valence-corrected chi connectivity index (χ2v) is 9.39. The summed E-state index contributed by atoms with van der Waals surface area (Å²) in [6.45, 7) is 3.46. The Kier molecular flexibility index (Phi) is 10.7. The standard InChI is InChI=1S/C29H41NO3/c1-2-3-4-5-6-7-8-9-10-11-12-16-23-33-29(32)25-21-22-30-26(25)19-20-27(30)28(31)24-17-14-13-15-18-24/h13-15,17-20,25H,2-12,16,21-23H2,1H3/t25-/m1/s1. The Labute approximate surface area is 199 Å². The minimum absolute atomic E-state index is 0.00682. The Morgan fingerprint density at radius 2 is 1.42 bits per heavy atom. The number of unbranched alkanes of at least 4 members (excludes halogenated alkanes) is 11. The number of carbonyl (C=O) groups excluding carboxylic acids is 2. The monoisotopic (exact) mass is 451 g/mol. The molecule has 0 amide bonds. The third kappa shape index (κ3) is 7.58. The number of hydrogen-bond donors (Lipinski definition) is 0. The van der Waals surface area contributed by atoms with Gasteiger partial charge in [-0.2, -0.15) is 0 Å². The third-order valence-electron chi connectivity index (χ3n) is 6.81. The molecule has 0 radical (unpaired) electrons.